The summed E-state index contributed by atoms with van der Waals surface area (Å²) in [6.07, 6.45) is 5.81. The number of carbonyl (C=O) groups is 1. The van der Waals surface area contributed by atoms with Gasteiger partial charge in [0.2, 0.25) is 0 Å². The Morgan fingerprint density at radius 2 is 2.17 bits per heavy atom. The number of anilines is 3. The predicted molar refractivity (Wildman–Crippen MR) is 94.5 cm³/mol. The molecule has 9 heteroatoms. The van der Waals surface area contributed by atoms with E-state index in [2.05, 4.69) is 25.0 Å². The van der Waals surface area contributed by atoms with E-state index in [1.165, 1.54) is 17.7 Å². The highest BCUT2D eigenvalue weighted by atomic mass is 32.1. The Hall–Kier alpha value is -2.26. The van der Waals surface area contributed by atoms with Crippen LogP contribution in [-0.4, -0.2) is 32.3 Å². The van der Waals surface area contributed by atoms with Crippen LogP contribution in [0.15, 0.2) is 12.3 Å². The number of carbonyl (C=O) groups excluding carboxylic acids is 1. The van der Waals surface area contributed by atoms with Crippen molar-refractivity contribution >= 4 is 34.1 Å². The van der Waals surface area contributed by atoms with Crippen molar-refractivity contribution in [3.8, 4) is 0 Å². The minimum absolute atomic E-state index is 0.0944. The maximum Gasteiger partial charge on any atom is 0.271 e. The molecule has 2 aromatic rings. The smallest absolute Gasteiger partial charge is 0.271 e. The van der Waals surface area contributed by atoms with Crippen molar-refractivity contribution in [3.63, 3.8) is 0 Å². The van der Waals surface area contributed by atoms with Crippen molar-refractivity contribution in [1.29, 1.82) is 0 Å². The van der Waals surface area contributed by atoms with E-state index in [0.717, 1.165) is 36.4 Å². The quantitative estimate of drug-likeness (QED) is 0.648. The summed E-state index contributed by atoms with van der Waals surface area (Å²) in [6.45, 7) is 1.89. The van der Waals surface area contributed by atoms with Crippen molar-refractivity contribution in [2.45, 2.75) is 44.7 Å². The van der Waals surface area contributed by atoms with Crippen LogP contribution in [-0.2, 0) is 0 Å². The molecule has 2 aromatic heterocycles. The maximum atomic E-state index is 11.6. The average molecular weight is 347 g/mol. The lowest BCUT2D eigenvalue weighted by Gasteiger charge is -2.29. The van der Waals surface area contributed by atoms with Crippen molar-refractivity contribution in [2.24, 2.45) is 11.5 Å². The summed E-state index contributed by atoms with van der Waals surface area (Å²) in [4.78, 5) is 20.2. The molecule has 1 aliphatic carbocycles. The Labute approximate surface area is 144 Å². The number of aryl methyl sites for hydroxylation is 1. The topological polar surface area (TPSA) is 132 Å². The molecule has 0 bridgehead atoms. The van der Waals surface area contributed by atoms with Crippen molar-refractivity contribution in [2.75, 3.05) is 10.6 Å². The molecule has 0 aromatic carbocycles. The Bertz CT molecular complexity index is 732. The van der Waals surface area contributed by atoms with Gasteiger partial charge in [0.05, 0.1) is 11.9 Å². The lowest BCUT2D eigenvalue weighted by Crippen LogP contribution is -2.42. The Kier molecular flexibility index (Phi) is 4.91. The Morgan fingerprint density at radius 3 is 2.83 bits per heavy atom. The zero-order valence-electron chi connectivity index (χ0n) is 13.5. The van der Waals surface area contributed by atoms with E-state index in [0.29, 0.717) is 11.6 Å². The van der Waals surface area contributed by atoms with Crippen LogP contribution in [0.1, 0.15) is 41.9 Å². The van der Waals surface area contributed by atoms with E-state index >= 15 is 0 Å². The van der Waals surface area contributed by atoms with E-state index in [9.17, 15) is 4.79 Å². The molecule has 24 heavy (non-hydrogen) atoms. The number of primary amides is 1. The zero-order valence-corrected chi connectivity index (χ0v) is 14.3. The fraction of sp³-hybridized carbons (Fsp3) is 0.467. The molecule has 0 aliphatic heterocycles. The number of nitrogens with two attached hydrogens (primary N) is 2. The molecule has 1 amide bonds. The summed E-state index contributed by atoms with van der Waals surface area (Å²) in [5.41, 5.74) is 12.5. The Morgan fingerprint density at radius 1 is 1.38 bits per heavy atom. The second-order valence-corrected chi connectivity index (χ2v) is 6.78. The minimum atomic E-state index is -0.632. The molecule has 2 unspecified atom stereocenters. The molecule has 2 heterocycles. The fourth-order valence-electron chi connectivity index (χ4n) is 2.79. The highest BCUT2D eigenvalue weighted by Gasteiger charge is 2.23. The van der Waals surface area contributed by atoms with E-state index in [4.69, 9.17) is 11.5 Å². The van der Waals surface area contributed by atoms with Crippen LogP contribution < -0.4 is 22.1 Å². The number of aromatic nitrogens is 3. The molecule has 2 atom stereocenters. The van der Waals surface area contributed by atoms with Gasteiger partial charge in [-0.2, -0.15) is 4.37 Å². The first-order valence-corrected chi connectivity index (χ1v) is 8.69. The van der Waals surface area contributed by atoms with Crippen LogP contribution in [0.3, 0.4) is 0 Å². The molecule has 6 N–H and O–H groups in total. The van der Waals surface area contributed by atoms with E-state index in [-0.39, 0.29) is 17.8 Å². The van der Waals surface area contributed by atoms with Crippen LogP contribution in [0.5, 0.6) is 0 Å². The van der Waals surface area contributed by atoms with Crippen LogP contribution >= 0.6 is 11.5 Å². The molecular formula is C15H21N7OS. The third kappa shape index (κ3) is 3.80. The summed E-state index contributed by atoms with van der Waals surface area (Å²) in [6, 6.07) is 2.12. The average Bonchev–Trinajstić information content (AvgIpc) is 2.94. The number of nitrogens with one attached hydrogen (secondary N) is 2. The zero-order chi connectivity index (χ0) is 17.1. The third-order valence-electron chi connectivity index (χ3n) is 4.03. The van der Waals surface area contributed by atoms with Gasteiger partial charge in [-0.05, 0) is 37.4 Å². The van der Waals surface area contributed by atoms with Gasteiger partial charge >= 0.3 is 0 Å². The minimum Gasteiger partial charge on any atom is -0.364 e. The first-order chi connectivity index (χ1) is 11.5. The van der Waals surface area contributed by atoms with E-state index in [1.54, 1.807) is 0 Å². The third-order valence-corrected chi connectivity index (χ3v) is 4.82. The molecular weight excluding hydrogens is 326 g/mol. The van der Waals surface area contributed by atoms with Gasteiger partial charge < -0.3 is 22.1 Å². The van der Waals surface area contributed by atoms with Gasteiger partial charge in [0.25, 0.3) is 5.91 Å². The number of amides is 1. The van der Waals surface area contributed by atoms with Gasteiger partial charge in [0.15, 0.2) is 11.5 Å². The normalized spacial score (nSPS) is 20.6. The molecule has 1 aliphatic rings. The SMILES string of the molecule is Cc1cc(Nc2nc(NC3CCCCC3N)cnc2C(N)=O)sn1. The molecule has 0 radical (unpaired) electrons. The van der Waals surface area contributed by atoms with E-state index < -0.39 is 5.91 Å². The van der Waals surface area contributed by atoms with Gasteiger partial charge in [-0.1, -0.05) is 12.8 Å². The Balaban J connectivity index is 1.83. The monoisotopic (exact) mass is 347 g/mol. The fourth-order valence-corrected chi connectivity index (χ4v) is 3.45. The van der Waals surface area contributed by atoms with Gasteiger partial charge in [-0.3, -0.25) is 4.79 Å². The highest BCUT2D eigenvalue weighted by Crippen LogP contribution is 2.25. The summed E-state index contributed by atoms with van der Waals surface area (Å²) in [5.74, 6) is 0.263. The van der Waals surface area contributed by atoms with Crippen LogP contribution in [0.2, 0.25) is 0 Å². The number of rotatable bonds is 5. The van der Waals surface area contributed by atoms with Crippen LogP contribution in [0.4, 0.5) is 16.6 Å². The lowest BCUT2D eigenvalue weighted by atomic mass is 9.91. The molecule has 0 spiro atoms. The van der Waals surface area contributed by atoms with E-state index in [1.807, 2.05) is 13.0 Å². The largest absolute Gasteiger partial charge is 0.364 e. The van der Waals surface area contributed by atoms with Crippen molar-refractivity contribution in [3.05, 3.63) is 23.7 Å². The molecule has 3 rings (SSSR count). The summed E-state index contributed by atoms with van der Waals surface area (Å²) in [5, 5.41) is 7.17. The first-order valence-electron chi connectivity index (χ1n) is 7.92. The maximum absolute atomic E-state index is 11.6. The summed E-state index contributed by atoms with van der Waals surface area (Å²) in [7, 11) is 0. The summed E-state index contributed by atoms with van der Waals surface area (Å²) < 4.78 is 4.20. The van der Waals surface area contributed by atoms with Crippen molar-refractivity contribution < 1.29 is 4.79 Å². The summed E-state index contributed by atoms with van der Waals surface area (Å²) >= 11 is 1.29. The van der Waals surface area contributed by atoms with Gasteiger partial charge in [0, 0.05) is 12.1 Å². The number of hydrogen-bond donors (Lipinski definition) is 4. The first kappa shape index (κ1) is 16.6. The molecule has 1 fully saturated rings. The molecule has 1 saturated carbocycles. The van der Waals surface area contributed by atoms with Gasteiger partial charge in [-0.15, -0.1) is 0 Å². The van der Waals surface area contributed by atoms with Crippen LogP contribution in [0, 0.1) is 6.92 Å². The highest BCUT2D eigenvalue weighted by molar-refractivity contribution is 7.10. The predicted octanol–water partition coefficient (Wildman–Crippen LogP) is 1.77. The standard InChI is InChI=1S/C15H21N7OS/c1-8-6-12(24-22-8)21-15-13(14(17)23)18-7-11(20-15)19-10-5-3-2-4-9(10)16/h6-7,9-10H,2-5,16H2,1H3,(H2,17,23)(H2,19,20,21). The molecule has 8 nitrogen and oxygen atoms in total. The second-order valence-electron chi connectivity index (χ2n) is 5.97. The van der Waals surface area contributed by atoms with Crippen LogP contribution in [0.25, 0.3) is 0 Å². The van der Waals surface area contributed by atoms with Gasteiger partial charge in [0.1, 0.15) is 10.8 Å². The van der Waals surface area contributed by atoms with Gasteiger partial charge in [-0.25, -0.2) is 9.97 Å². The molecule has 0 saturated heterocycles. The number of nitrogens with zero attached hydrogens (tertiary/aromatic N) is 3. The second kappa shape index (κ2) is 7.10. The number of hydrogen-bond acceptors (Lipinski definition) is 8. The molecule has 128 valence electrons. The van der Waals surface area contributed by atoms with Crippen molar-refractivity contribution in [1.82, 2.24) is 14.3 Å². The lowest BCUT2D eigenvalue weighted by molar-refractivity contribution is 0.0996.